The highest BCUT2D eigenvalue weighted by atomic mass is 16.2. The third kappa shape index (κ3) is 2.97. The van der Waals surface area contributed by atoms with Crippen LogP contribution < -0.4 is 15.5 Å². The molecule has 1 aromatic heterocycles. The Morgan fingerprint density at radius 2 is 1.88 bits per heavy atom. The van der Waals surface area contributed by atoms with Gasteiger partial charge >= 0.3 is 6.03 Å². The van der Waals surface area contributed by atoms with Crippen molar-refractivity contribution in [1.82, 2.24) is 25.5 Å². The van der Waals surface area contributed by atoms with Crippen LogP contribution in [0.15, 0.2) is 18.5 Å². The number of nitrogens with one attached hydrogen (secondary N) is 2. The maximum absolute atomic E-state index is 12.9. The van der Waals surface area contributed by atoms with Crippen molar-refractivity contribution in [3.8, 4) is 0 Å². The van der Waals surface area contributed by atoms with Crippen LogP contribution in [0.1, 0.15) is 25.7 Å². The molecule has 3 aliphatic rings. The molecule has 0 aromatic carbocycles. The van der Waals surface area contributed by atoms with Crippen molar-refractivity contribution in [3.05, 3.63) is 18.5 Å². The van der Waals surface area contributed by atoms with Gasteiger partial charge in [0, 0.05) is 38.6 Å². The molecule has 0 aliphatic carbocycles. The zero-order chi connectivity index (χ0) is 18.1. The second kappa shape index (κ2) is 6.54. The van der Waals surface area contributed by atoms with E-state index in [0.717, 1.165) is 19.4 Å². The highest BCUT2D eigenvalue weighted by Gasteiger charge is 2.48. The van der Waals surface area contributed by atoms with Crippen molar-refractivity contribution in [3.63, 3.8) is 0 Å². The van der Waals surface area contributed by atoms with Crippen molar-refractivity contribution >= 4 is 23.8 Å². The molecule has 4 heterocycles. The molecular weight excluding hydrogens is 336 g/mol. The lowest BCUT2D eigenvalue weighted by atomic mass is 9.86. The molecule has 0 saturated carbocycles. The fraction of sp³-hybridized carbons (Fsp3) is 0.588. The number of urea groups is 1. The molecule has 3 aliphatic heterocycles. The summed E-state index contributed by atoms with van der Waals surface area (Å²) in [5.41, 5.74) is -0.843. The average molecular weight is 358 g/mol. The van der Waals surface area contributed by atoms with E-state index in [2.05, 4.69) is 25.5 Å². The number of likely N-dealkylation sites (tertiary alicyclic amines) is 1. The van der Waals surface area contributed by atoms with Crippen molar-refractivity contribution in [2.45, 2.75) is 31.2 Å². The summed E-state index contributed by atoms with van der Waals surface area (Å²) in [5, 5.41) is 5.02. The predicted molar refractivity (Wildman–Crippen MR) is 92.2 cm³/mol. The third-order valence-electron chi connectivity index (χ3n) is 5.55. The van der Waals surface area contributed by atoms with Crippen LogP contribution in [0.5, 0.6) is 0 Å². The largest absolute Gasteiger partial charge is 0.342 e. The van der Waals surface area contributed by atoms with E-state index in [1.165, 1.54) is 0 Å². The zero-order valence-corrected chi connectivity index (χ0v) is 14.5. The van der Waals surface area contributed by atoms with Crippen LogP contribution in [-0.2, 0) is 9.59 Å². The van der Waals surface area contributed by atoms with Crippen molar-refractivity contribution in [2.24, 2.45) is 5.92 Å². The van der Waals surface area contributed by atoms with Gasteiger partial charge in [-0.05, 0) is 31.7 Å². The lowest BCUT2D eigenvalue weighted by Gasteiger charge is -2.40. The Hall–Kier alpha value is -2.71. The van der Waals surface area contributed by atoms with Crippen LogP contribution >= 0.6 is 0 Å². The Kier molecular flexibility index (Phi) is 4.21. The SMILES string of the molecule is O=C1NC(=O)C2(CCN(C(=O)[C@@H]3CCCN(c4ncccn4)C3)CC2)N1. The number of hydrogen-bond acceptors (Lipinski definition) is 6. The van der Waals surface area contributed by atoms with E-state index in [4.69, 9.17) is 0 Å². The molecule has 1 atom stereocenters. The minimum absolute atomic E-state index is 0.0893. The highest BCUT2D eigenvalue weighted by Crippen LogP contribution is 2.28. The minimum atomic E-state index is -0.843. The molecule has 0 unspecified atom stereocenters. The number of rotatable bonds is 2. The Morgan fingerprint density at radius 1 is 1.15 bits per heavy atom. The van der Waals surface area contributed by atoms with E-state index in [-0.39, 0.29) is 17.7 Å². The number of piperidine rings is 2. The van der Waals surface area contributed by atoms with Gasteiger partial charge in [0.2, 0.25) is 11.9 Å². The summed E-state index contributed by atoms with van der Waals surface area (Å²) in [5.74, 6) is 0.409. The van der Waals surface area contributed by atoms with E-state index in [9.17, 15) is 14.4 Å². The smallest absolute Gasteiger partial charge is 0.322 e. The molecule has 3 fully saturated rings. The predicted octanol–water partition coefficient (Wildman–Crippen LogP) is -0.106. The van der Waals surface area contributed by atoms with E-state index >= 15 is 0 Å². The first-order valence-electron chi connectivity index (χ1n) is 9.02. The fourth-order valence-corrected chi connectivity index (χ4v) is 4.06. The van der Waals surface area contributed by atoms with Crippen molar-refractivity contribution < 1.29 is 14.4 Å². The van der Waals surface area contributed by atoms with Crippen LogP contribution in [-0.4, -0.2) is 64.4 Å². The first kappa shape index (κ1) is 16.7. The molecular formula is C17H22N6O3. The number of imide groups is 1. The molecule has 9 nitrogen and oxygen atoms in total. The Labute approximate surface area is 151 Å². The summed E-state index contributed by atoms with van der Waals surface area (Å²) >= 11 is 0. The fourth-order valence-electron chi connectivity index (χ4n) is 4.06. The van der Waals surface area contributed by atoms with Crippen LogP contribution in [0.2, 0.25) is 0 Å². The summed E-state index contributed by atoms with van der Waals surface area (Å²) in [7, 11) is 0. The molecule has 26 heavy (non-hydrogen) atoms. The standard InChI is InChI=1S/C17H22N6O3/c24-13(12-3-1-8-23(11-12)15-18-6-2-7-19-15)22-9-4-17(5-10-22)14(25)20-16(26)21-17/h2,6-7,12H,1,3-5,8-11H2,(H2,20,21,25,26)/t12-/m1/s1. The van der Waals surface area contributed by atoms with Gasteiger partial charge in [0.05, 0.1) is 5.92 Å². The molecule has 1 spiro atoms. The normalized spacial score (nSPS) is 25.2. The van der Waals surface area contributed by atoms with Crippen LogP contribution in [0.3, 0.4) is 0 Å². The van der Waals surface area contributed by atoms with E-state index in [0.29, 0.717) is 38.4 Å². The molecule has 1 aromatic rings. The second-order valence-electron chi connectivity index (χ2n) is 7.15. The van der Waals surface area contributed by atoms with Crippen LogP contribution in [0.25, 0.3) is 0 Å². The first-order chi connectivity index (χ1) is 12.6. The molecule has 4 amide bonds. The Balaban J connectivity index is 1.38. The van der Waals surface area contributed by atoms with E-state index in [1.807, 2.05) is 4.90 Å². The van der Waals surface area contributed by atoms with E-state index in [1.54, 1.807) is 18.5 Å². The highest BCUT2D eigenvalue weighted by molar-refractivity contribution is 6.07. The van der Waals surface area contributed by atoms with Gasteiger partial charge in [-0.3, -0.25) is 14.9 Å². The van der Waals surface area contributed by atoms with Gasteiger partial charge in [-0.15, -0.1) is 0 Å². The first-order valence-corrected chi connectivity index (χ1v) is 9.02. The van der Waals surface area contributed by atoms with Gasteiger partial charge in [-0.2, -0.15) is 0 Å². The number of carbonyl (C=O) groups excluding carboxylic acids is 3. The monoisotopic (exact) mass is 358 g/mol. The second-order valence-corrected chi connectivity index (χ2v) is 7.15. The van der Waals surface area contributed by atoms with Gasteiger partial charge in [0.25, 0.3) is 5.91 Å². The number of anilines is 1. The zero-order valence-electron chi connectivity index (χ0n) is 14.5. The molecule has 138 valence electrons. The van der Waals surface area contributed by atoms with E-state index < -0.39 is 11.6 Å². The van der Waals surface area contributed by atoms with Crippen LogP contribution in [0, 0.1) is 5.92 Å². The maximum atomic E-state index is 12.9. The van der Waals surface area contributed by atoms with Gasteiger partial charge in [-0.25, -0.2) is 14.8 Å². The van der Waals surface area contributed by atoms with Crippen LogP contribution in [0.4, 0.5) is 10.7 Å². The quantitative estimate of drug-likeness (QED) is 0.715. The van der Waals surface area contributed by atoms with Gasteiger partial charge in [0.15, 0.2) is 0 Å². The lowest BCUT2D eigenvalue weighted by Crippen LogP contribution is -2.57. The number of carbonyl (C=O) groups is 3. The number of aromatic nitrogens is 2. The average Bonchev–Trinajstić information content (AvgIpc) is 2.95. The number of nitrogens with zero attached hydrogens (tertiary/aromatic N) is 4. The summed E-state index contributed by atoms with van der Waals surface area (Å²) in [6.07, 6.45) is 6.09. The lowest BCUT2D eigenvalue weighted by molar-refractivity contribution is -0.139. The van der Waals surface area contributed by atoms with Gasteiger partial charge in [0.1, 0.15) is 5.54 Å². The van der Waals surface area contributed by atoms with Gasteiger partial charge in [-0.1, -0.05) is 0 Å². The molecule has 0 bridgehead atoms. The molecule has 2 N–H and O–H groups in total. The Bertz CT molecular complexity index is 716. The van der Waals surface area contributed by atoms with Crippen molar-refractivity contribution in [1.29, 1.82) is 0 Å². The van der Waals surface area contributed by atoms with Gasteiger partial charge < -0.3 is 15.1 Å². The Morgan fingerprint density at radius 3 is 2.54 bits per heavy atom. The summed E-state index contributed by atoms with van der Waals surface area (Å²) in [6, 6.07) is 1.33. The van der Waals surface area contributed by atoms with Crippen molar-refractivity contribution in [2.75, 3.05) is 31.1 Å². The summed E-state index contributed by atoms with van der Waals surface area (Å²) < 4.78 is 0. The number of amides is 4. The maximum Gasteiger partial charge on any atom is 0.322 e. The molecule has 9 heteroatoms. The molecule has 3 saturated heterocycles. The third-order valence-corrected chi connectivity index (χ3v) is 5.55. The summed E-state index contributed by atoms with van der Waals surface area (Å²) in [4.78, 5) is 48.8. The number of hydrogen-bond donors (Lipinski definition) is 2. The molecule has 4 rings (SSSR count). The molecule has 0 radical (unpaired) electrons. The summed E-state index contributed by atoms with van der Waals surface area (Å²) in [6.45, 7) is 2.42. The topological polar surface area (TPSA) is 108 Å². The minimum Gasteiger partial charge on any atom is -0.342 e.